The molecular formula is C19H19N3O4. The fourth-order valence-electron chi connectivity index (χ4n) is 2.98. The van der Waals surface area contributed by atoms with E-state index in [1.165, 1.54) is 0 Å². The van der Waals surface area contributed by atoms with Crippen LogP contribution >= 0.6 is 0 Å². The van der Waals surface area contributed by atoms with E-state index in [0.29, 0.717) is 34.6 Å². The number of carbonyl (C=O) groups is 1. The minimum Gasteiger partial charge on any atom is -0.491 e. The third-order valence-corrected chi connectivity index (χ3v) is 4.35. The number of fused-ring (bicyclic) bond motifs is 1. The highest BCUT2D eigenvalue weighted by Gasteiger charge is 2.16. The Labute approximate surface area is 149 Å². The molecule has 1 aromatic heterocycles. The molecule has 7 heteroatoms. The normalized spacial score (nSPS) is 16.7. The monoisotopic (exact) mass is 353 g/mol. The van der Waals surface area contributed by atoms with Gasteiger partial charge in [-0.2, -0.15) is 0 Å². The molecule has 7 nitrogen and oxygen atoms in total. The minimum atomic E-state index is -0.276. The smallest absolute Gasteiger partial charge is 0.323 e. The van der Waals surface area contributed by atoms with Crippen molar-refractivity contribution in [3.63, 3.8) is 0 Å². The summed E-state index contributed by atoms with van der Waals surface area (Å²) in [4.78, 5) is 29.0. The highest BCUT2D eigenvalue weighted by molar-refractivity contribution is 6.05. The summed E-state index contributed by atoms with van der Waals surface area (Å²) < 4.78 is 11.2. The van der Waals surface area contributed by atoms with Crippen molar-refractivity contribution in [2.45, 2.75) is 18.9 Å². The van der Waals surface area contributed by atoms with Crippen LogP contribution in [0.1, 0.15) is 23.2 Å². The molecule has 3 N–H and O–H groups in total. The van der Waals surface area contributed by atoms with Crippen LogP contribution in [0.25, 0.3) is 11.0 Å². The number of imidazole rings is 1. The van der Waals surface area contributed by atoms with Crippen LogP contribution in [0, 0.1) is 0 Å². The molecule has 0 bridgehead atoms. The molecule has 2 heterocycles. The maximum absolute atomic E-state index is 12.4. The number of anilines is 1. The number of benzene rings is 2. The third-order valence-electron chi connectivity index (χ3n) is 4.35. The molecule has 134 valence electrons. The molecule has 0 spiro atoms. The van der Waals surface area contributed by atoms with Gasteiger partial charge in [-0.15, -0.1) is 0 Å². The standard InChI is InChI=1S/C19H19N3O4/c23-18(20-13-5-8-16-17(10-13)22-19(24)21-16)12-3-6-14(7-4-12)26-11-15-2-1-9-25-15/h3-8,10,15H,1-2,9,11H2,(H,20,23)(H2,21,22,24)/t15-/m1/s1. The lowest BCUT2D eigenvalue weighted by Crippen LogP contribution is -2.16. The molecule has 2 aromatic carbocycles. The first-order valence-corrected chi connectivity index (χ1v) is 8.55. The summed E-state index contributed by atoms with van der Waals surface area (Å²) in [5.74, 6) is 0.483. The number of rotatable bonds is 5. The first-order valence-electron chi connectivity index (χ1n) is 8.55. The molecule has 3 aromatic rings. The SMILES string of the molecule is O=C(Nc1ccc2[nH]c(=O)[nH]c2c1)c1ccc(OC[C@H]2CCCO2)cc1. The zero-order chi connectivity index (χ0) is 17.9. The van der Waals surface area contributed by atoms with Crippen molar-refractivity contribution in [2.75, 3.05) is 18.5 Å². The second kappa shape index (κ2) is 7.05. The summed E-state index contributed by atoms with van der Waals surface area (Å²) >= 11 is 0. The quantitative estimate of drug-likeness (QED) is 0.657. The van der Waals surface area contributed by atoms with E-state index >= 15 is 0 Å². The summed E-state index contributed by atoms with van der Waals surface area (Å²) in [6, 6.07) is 12.2. The molecule has 0 saturated carbocycles. The predicted octanol–water partition coefficient (Wildman–Crippen LogP) is 2.67. The maximum atomic E-state index is 12.4. The lowest BCUT2D eigenvalue weighted by atomic mass is 10.2. The van der Waals surface area contributed by atoms with E-state index < -0.39 is 0 Å². The van der Waals surface area contributed by atoms with Crippen LogP contribution in [-0.4, -0.2) is 35.2 Å². The predicted molar refractivity (Wildman–Crippen MR) is 97.8 cm³/mol. The first kappa shape index (κ1) is 16.4. The van der Waals surface area contributed by atoms with Gasteiger partial charge in [-0.3, -0.25) is 4.79 Å². The third kappa shape index (κ3) is 3.62. The van der Waals surface area contributed by atoms with Gasteiger partial charge in [-0.1, -0.05) is 0 Å². The molecule has 1 fully saturated rings. The number of H-pyrrole nitrogens is 2. The molecular weight excluding hydrogens is 334 g/mol. The number of nitrogens with one attached hydrogen (secondary N) is 3. The molecule has 4 rings (SSSR count). The summed E-state index contributed by atoms with van der Waals surface area (Å²) in [7, 11) is 0. The van der Waals surface area contributed by atoms with Crippen molar-refractivity contribution in [2.24, 2.45) is 0 Å². The van der Waals surface area contributed by atoms with Gasteiger partial charge in [0.2, 0.25) is 0 Å². The van der Waals surface area contributed by atoms with E-state index in [1.807, 2.05) is 0 Å². The van der Waals surface area contributed by atoms with Crippen LogP contribution in [0.3, 0.4) is 0 Å². The van der Waals surface area contributed by atoms with E-state index in [-0.39, 0.29) is 17.7 Å². The van der Waals surface area contributed by atoms with E-state index in [4.69, 9.17) is 9.47 Å². The van der Waals surface area contributed by atoms with Gasteiger partial charge < -0.3 is 24.8 Å². The second-order valence-electron chi connectivity index (χ2n) is 6.26. The topological polar surface area (TPSA) is 96.2 Å². The van der Waals surface area contributed by atoms with Crippen molar-refractivity contribution < 1.29 is 14.3 Å². The molecule has 26 heavy (non-hydrogen) atoms. The van der Waals surface area contributed by atoms with Gasteiger partial charge in [0.1, 0.15) is 12.4 Å². The fourth-order valence-corrected chi connectivity index (χ4v) is 2.98. The van der Waals surface area contributed by atoms with Gasteiger partial charge in [0.05, 0.1) is 17.1 Å². The number of ether oxygens (including phenoxy) is 2. The van der Waals surface area contributed by atoms with Gasteiger partial charge >= 0.3 is 5.69 Å². The van der Waals surface area contributed by atoms with Crippen LogP contribution < -0.4 is 15.7 Å². The molecule has 1 aliphatic rings. The van der Waals surface area contributed by atoms with E-state index in [2.05, 4.69) is 15.3 Å². The van der Waals surface area contributed by atoms with Crippen molar-refractivity contribution in [1.29, 1.82) is 0 Å². The van der Waals surface area contributed by atoms with Crippen molar-refractivity contribution in [3.05, 3.63) is 58.5 Å². The zero-order valence-corrected chi connectivity index (χ0v) is 14.1. The van der Waals surface area contributed by atoms with Crippen LogP contribution in [0.5, 0.6) is 5.75 Å². The first-order chi connectivity index (χ1) is 12.7. The Kier molecular flexibility index (Phi) is 4.45. The Morgan fingerprint density at radius 2 is 1.96 bits per heavy atom. The minimum absolute atomic E-state index is 0.160. The van der Waals surface area contributed by atoms with Gasteiger partial charge in [0.15, 0.2) is 0 Å². The lowest BCUT2D eigenvalue weighted by Gasteiger charge is -2.11. The number of hydrogen-bond donors (Lipinski definition) is 3. The Morgan fingerprint density at radius 1 is 1.15 bits per heavy atom. The lowest BCUT2D eigenvalue weighted by molar-refractivity contribution is 0.0679. The number of hydrogen-bond acceptors (Lipinski definition) is 4. The molecule has 1 saturated heterocycles. The molecule has 0 radical (unpaired) electrons. The van der Waals surface area contributed by atoms with Crippen LogP contribution in [0.4, 0.5) is 5.69 Å². The number of amides is 1. The maximum Gasteiger partial charge on any atom is 0.323 e. The highest BCUT2D eigenvalue weighted by atomic mass is 16.5. The summed E-state index contributed by atoms with van der Waals surface area (Å²) in [6.45, 7) is 1.33. The second-order valence-corrected chi connectivity index (χ2v) is 6.26. The van der Waals surface area contributed by atoms with Crippen LogP contribution in [0.2, 0.25) is 0 Å². The Balaban J connectivity index is 1.39. The van der Waals surface area contributed by atoms with E-state index in [0.717, 1.165) is 19.4 Å². The van der Waals surface area contributed by atoms with Crippen LogP contribution in [0.15, 0.2) is 47.3 Å². The summed E-state index contributed by atoms with van der Waals surface area (Å²) in [5.41, 5.74) is 2.20. The fraction of sp³-hybridized carbons (Fsp3) is 0.263. The molecule has 0 aliphatic carbocycles. The van der Waals surface area contributed by atoms with Gasteiger partial charge in [-0.25, -0.2) is 4.79 Å². The summed E-state index contributed by atoms with van der Waals surface area (Å²) in [5, 5.41) is 2.82. The number of carbonyl (C=O) groups excluding carboxylic acids is 1. The number of aromatic nitrogens is 2. The van der Waals surface area contributed by atoms with E-state index in [1.54, 1.807) is 42.5 Å². The van der Waals surface area contributed by atoms with Gasteiger partial charge in [0, 0.05) is 17.9 Å². The molecule has 0 unspecified atom stereocenters. The molecule has 1 atom stereocenters. The van der Waals surface area contributed by atoms with Crippen molar-refractivity contribution in [3.8, 4) is 5.75 Å². The van der Waals surface area contributed by atoms with Gasteiger partial charge in [0.25, 0.3) is 5.91 Å². The average Bonchev–Trinajstić information content (AvgIpc) is 3.28. The Bertz CT molecular complexity index is 968. The molecule has 1 aliphatic heterocycles. The summed E-state index contributed by atoms with van der Waals surface area (Å²) in [6.07, 6.45) is 2.26. The highest BCUT2D eigenvalue weighted by Crippen LogP contribution is 2.18. The zero-order valence-electron chi connectivity index (χ0n) is 14.1. The molecule has 1 amide bonds. The van der Waals surface area contributed by atoms with Gasteiger partial charge in [-0.05, 0) is 55.3 Å². The average molecular weight is 353 g/mol. The van der Waals surface area contributed by atoms with Crippen molar-refractivity contribution >= 4 is 22.6 Å². The van der Waals surface area contributed by atoms with E-state index in [9.17, 15) is 9.59 Å². The number of aromatic amines is 2. The largest absolute Gasteiger partial charge is 0.491 e. The Morgan fingerprint density at radius 3 is 2.73 bits per heavy atom. The Hall–Kier alpha value is -3.06. The van der Waals surface area contributed by atoms with Crippen molar-refractivity contribution in [1.82, 2.24) is 9.97 Å². The van der Waals surface area contributed by atoms with Crippen LogP contribution in [-0.2, 0) is 4.74 Å².